The predicted octanol–water partition coefficient (Wildman–Crippen LogP) is 2.14. The maximum absolute atomic E-state index is 12.8. The second kappa shape index (κ2) is 7.78. The number of benzene rings is 1. The molecule has 152 valence electrons. The Morgan fingerprint density at radius 2 is 1.87 bits per heavy atom. The average molecular weight is 404 g/mol. The Labute approximate surface area is 172 Å². The Hall–Kier alpha value is -4.01. The number of carbonyl (C=O) groups excluding carboxylic acids is 2. The second-order valence-corrected chi connectivity index (χ2v) is 6.77. The van der Waals surface area contributed by atoms with E-state index in [-0.39, 0.29) is 17.2 Å². The van der Waals surface area contributed by atoms with Gasteiger partial charge < -0.3 is 14.6 Å². The second-order valence-electron chi connectivity index (χ2n) is 6.77. The van der Waals surface area contributed by atoms with Gasteiger partial charge in [-0.05, 0) is 37.3 Å². The van der Waals surface area contributed by atoms with Crippen LogP contribution in [0.15, 0.2) is 55.1 Å². The van der Waals surface area contributed by atoms with Crippen molar-refractivity contribution in [3.8, 4) is 17.0 Å². The van der Waals surface area contributed by atoms with Crippen LogP contribution in [0.1, 0.15) is 27.9 Å². The van der Waals surface area contributed by atoms with Gasteiger partial charge in [0.15, 0.2) is 11.5 Å². The number of ketones is 1. The predicted molar refractivity (Wildman–Crippen MR) is 109 cm³/mol. The third-order valence-electron chi connectivity index (χ3n) is 4.81. The Balaban J connectivity index is 1.61. The number of nitrogens with one attached hydrogen (secondary N) is 1. The van der Waals surface area contributed by atoms with Crippen molar-refractivity contribution < 1.29 is 14.3 Å². The van der Waals surface area contributed by atoms with Crippen molar-refractivity contribution in [2.24, 2.45) is 7.05 Å². The number of amides is 1. The summed E-state index contributed by atoms with van der Waals surface area (Å²) >= 11 is 0. The van der Waals surface area contributed by atoms with Gasteiger partial charge in [-0.25, -0.2) is 14.5 Å². The van der Waals surface area contributed by atoms with Gasteiger partial charge in [-0.15, -0.1) is 0 Å². The van der Waals surface area contributed by atoms with Crippen molar-refractivity contribution in [2.75, 3.05) is 7.11 Å². The lowest BCUT2D eigenvalue weighted by molar-refractivity contribution is 0.0859. The first kappa shape index (κ1) is 19.3. The molecule has 1 N–H and O–H groups in total. The van der Waals surface area contributed by atoms with Crippen LogP contribution in [0.3, 0.4) is 0 Å². The number of ether oxygens (including phenoxy) is 1. The average Bonchev–Trinajstić information content (AvgIpc) is 3.39. The smallest absolute Gasteiger partial charge is 0.257 e. The topological polar surface area (TPSA) is 103 Å². The zero-order chi connectivity index (χ0) is 21.3. The van der Waals surface area contributed by atoms with Crippen molar-refractivity contribution in [3.05, 3.63) is 66.5 Å². The maximum Gasteiger partial charge on any atom is 0.257 e. The molecule has 30 heavy (non-hydrogen) atoms. The van der Waals surface area contributed by atoms with Crippen molar-refractivity contribution in [1.82, 2.24) is 29.5 Å². The van der Waals surface area contributed by atoms with Gasteiger partial charge in [0, 0.05) is 31.2 Å². The third kappa shape index (κ3) is 3.41. The van der Waals surface area contributed by atoms with Gasteiger partial charge in [-0.1, -0.05) is 0 Å². The lowest BCUT2D eigenvalue weighted by atomic mass is 10.1. The van der Waals surface area contributed by atoms with Crippen LogP contribution in [0.4, 0.5) is 0 Å². The first-order valence-corrected chi connectivity index (χ1v) is 9.29. The van der Waals surface area contributed by atoms with E-state index in [0.29, 0.717) is 5.65 Å². The van der Waals surface area contributed by atoms with Gasteiger partial charge in [-0.3, -0.25) is 9.59 Å². The summed E-state index contributed by atoms with van der Waals surface area (Å²) < 4.78 is 8.41. The number of Topliss-reactive ketones (excluding diaryl/α,β-unsaturated/α-hetero) is 1. The van der Waals surface area contributed by atoms with E-state index in [9.17, 15) is 9.59 Å². The van der Waals surface area contributed by atoms with Crippen LogP contribution in [-0.2, 0) is 7.05 Å². The number of nitrogens with zero attached hydrogens (tertiary/aromatic N) is 5. The Kier molecular flexibility index (Phi) is 5.01. The molecule has 0 aliphatic heterocycles. The largest absolute Gasteiger partial charge is 0.497 e. The SMILES string of the molecule is COc1ccc(-c2ccnc3c(C(=O)N[C@H](C)C(=O)c4nccn4C)cnn23)cc1. The molecule has 0 spiro atoms. The van der Waals surface area contributed by atoms with Gasteiger partial charge in [0.25, 0.3) is 5.91 Å². The van der Waals surface area contributed by atoms with Crippen LogP contribution in [0.25, 0.3) is 16.9 Å². The maximum atomic E-state index is 12.8. The van der Waals surface area contributed by atoms with E-state index >= 15 is 0 Å². The number of fused-ring (bicyclic) bond motifs is 1. The first-order valence-electron chi connectivity index (χ1n) is 9.29. The third-order valence-corrected chi connectivity index (χ3v) is 4.81. The Bertz CT molecular complexity index is 1230. The standard InChI is InChI=1S/C21H20N6O3/c1-13(18(28)20-23-10-11-26(20)2)25-21(29)16-12-24-27-17(8-9-22-19(16)27)14-4-6-15(30-3)7-5-14/h4-13H,1-3H3,(H,25,29)/t13-/m1/s1. The van der Waals surface area contributed by atoms with Crippen molar-refractivity contribution >= 4 is 17.3 Å². The van der Waals surface area contributed by atoms with Gasteiger partial charge in [0.1, 0.15) is 11.3 Å². The highest BCUT2D eigenvalue weighted by molar-refractivity contribution is 6.04. The molecule has 0 aliphatic carbocycles. The molecule has 0 fully saturated rings. The van der Waals surface area contributed by atoms with Crippen molar-refractivity contribution in [1.29, 1.82) is 0 Å². The lowest BCUT2D eigenvalue weighted by Gasteiger charge is -2.12. The number of carbonyl (C=O) groups is 2. The summed E-state index contributed by atoms with van der Waals surface area (Å²) in [5.74, 6) is 0.317. The number of rotatable bonds is 6. The molecular formula is C21H20N6O3. The number of hydrogen-bond acceptors (Lipinski definition) is 6. The molecule has 3 heterocycles. The minimum atomic E-state index is -0.752. The fourth-order valence-corrected chi connectivity index (χ4v) is 3.17. The van der Waals surface area contributed by atoms with Gasteiger partial charge in [0.05, 0.1) is 25.0 Å². The summed E-state index contributed by atoms with van der Waals surface area (Å²) in [6.07, 6.45) is 6.29. The number of aromatic nitrogens is 5. The fourth-order valence-electron chi connectivity index (χ4n) is 3.17. The fraction of sp³-hybridized carbons (Fsp3) is 0.190. The van der Waals surface area contributed by atoms with Gasteiger partial charge >= 0.3 is 0 Å². The summed E-state index contributed by atoms with van der Waals surface area (Å²) in [5.41, 5.74) is 2.36. The molecule has 9 nitrogen and oxygen atoms in total. The molecule has 0 saturated heterocycles. The zero-order valence-corrected chi connectivity index (χ0v) is 16.7. The number of hydrogen-bond donors (Lipinski definition) is 1. The van der Waals surface area contributed by atoms with Crippen LogP contribution in [0.2, 0.25) is 0 Å². The molecule has 0 radical (unpaired) electrons. The molecular weight excluding hydrogens is 384 g/mol. The van der Waals surface area contributed by atoms with Crippen LogP contribution in [0.5, 0.6) is 5.75 Å². The molecule has 3 aromatic heterocycles. The molecule has 4 rings (SSSR count). The van der Waals surface area contributed by atoms with Crippen LogP contribution in [-0.4, -0.2) is 49.0 Å². The van der Waals surface area contributed by atoms with E-state index in [0.717, 1.165) is 17.0 Å². The van der Waals surface area contributed by atoms with E-state index in [4.69, 9.17) is 4.74 Å². The van der Waals surface area contributed by atoms with Gasteiger partial charge in [0.2, 0.25) is 5.78 Å². The van der Waals surface area contributed by atoms with Crippen LogP contribution >= 0.6 is 0 Å². The van der Waals surface area contributed by atoms with E-state index in [1.807, 2.05) is 30.3 Å². The Morgan fingerprint density at radius 3 is 2.53 bits per heavy atom. The van der Waals surface area contributed by atoms with E-state index in [1.54, 1.807) is 42.6 Å². The molecule has 0 bridgehead atoms. The van der Waals surface area contributed by atoms with Gasteiger partial charge in [-0.2, -0.15) is 5.10 Å². The molecule has 1 aromatic carbocycles. The minimum absolute atomic E-state index is 0.279. The highest BCUT2D eigenvalue weighted by Gasteiger charge is 2.23. The molecule has 9 heteroatoms. The summed E-state index contributed by atoms with van der Waals surface area (Å²) in [6, 6.07) is 8.58. The minimum Gasteiger partial charge on any atom is -0.497 e. The molecule has 1 atom stereocenters. The molecule has 0 unspecified atom stereocenters. The van der Waals surface area contributed by atoms with Crippen molar-refractivity contribution in [2.45, 2.75) is 13.0 Å². The van der Waals surface area contributed by atoms with E-state index < -0.39 is 11.9 Å². The normalized spacial score (nSPS) is 12.0. The highest BCUT2D eigenvalue weighted by atomic mass is 16.5. The van der Waals surface area contributed by atoms with Crippen LogP contribution < -0.4 is 10.1 Å². The molecule has 0 saturated carbocycles. The molecule has 4 aromatic rings. The summed E-state index contributed by atoms with van der Waals surface area (Å²) in [4.78, 5) is 33.7. The zero-order valence-electron chi connectivity index (χ0n) is 16.7. The summed E-state index contributed by atoms with van der Waals surface area (Å²) in [6.45, 7) is 1.62. The first-order chi connectivity index (χ1) is 14.5. The van der Waals surface area contributed by atoms with Crippen LogP contribution in [0, 0.1) is 0 Å². The van der Waals surface area contributed by atoms with Crippen molar-refractivity contribution in [3.63, 3.8) is 0 Å². The monoisotopic (exact) mass is 404 g/mol. The van der Waals surface area contributed by atoms with E-state index in [1.165, 1.54) is 12.4 Å². The number of methoxy groups -OCH3 is 1. The van der Waals surface area contributed by atoms with E-state index in [2.05, 4.69) is 20.4 Å². The Morgan fingerprint density at radius 1 is 1.10 bits per heavy atom. The summed E-state index contributed by atoms with van der Waals surface area (Å²) in [7, 11) is 3.34. The molecule has 1 amide bonds. The molecule has 0 aliphatic rings. The highest BCUT2D eigenvalue weighted by Crippen LogP contribution is 2.23. The number of imidazole rings is 1. The number of aryl methyl sites for hydroxylation is 1. The summed E-state index contributed by atoms with van der Waals surface area (Å²) in [5, 5.41) is 7.05. The quantitative estimate of drug-likeness (QED) is 0.494. The lowest BCUT2D eigenvalue weighted by Crippen LogP contribution is -2.39.